The van der Waals surface area contributed by atoms with Crippen LogP contribution in [0.3, 0.4) is 0 Å². The molecule has 0 aliphatic carbocycles. The van der Waals surface area contributed by atoms with E-state index in [-0.39, 0.29) is 17.3 Å². The molecule has 0 heterocycles. The van der Waals surface area contributed by atoms with Crippen molar-refractivity contribution in [1.29, 1.82) is 0 Å². The lowest BCUT2D eigenvalue weighted by Crippen LogP contribution is -2.12. The molecule has 28 heavy (non-hydrogen) atoms. The van der Waals surface area contributed by atoms with Crippen molar-refractivity contribution in [2.24, 2.45) is 0 Å². The third-order valence-electron chi connectivity index (χ3n) is 3.92. The fourth-order valence-electron chi connectivity index (χ4n) is 2.39. The summed E-state index contributed by atoms with van der Waals surface area (Å²) >= 11 is 5.81. The first-order valence-corrected chi connectivity index (χ1v) is 10.2. The van der Waals surface area contributed by atoms with E-state index in [9.17, 15) is 13.2 Å². The van der Waals surface area contributed by atoms with Crippen LogP contribution in [-0.4, -0.2) is 14.4 Å². The lowest BCUT2D eigenvalue weighted by molar-refractivity contribution is 0.0471. The fraction of sp³-hybridized carbons (Fsp3) is 0.0952. The second kappa shape index (κ2) is 8.46. The number of hydrogen-bond donors (Lipinski definition) is 0. The molecule has 0 spiro atoms. The predicted octanol–water partition coefficient (Wildman–Crippen LogP) is 4.77. The Bertz CT molecular complexity index is 1070. The van der Waals surface area contributed by atoms with E-state index < -0.39 is 16.1 Å². The molecule has 0 atom stereocenters. The number of carbonyl (C=O) groups is 1. The highest BCUT2D eigenvalue weighted by Crippen LogP contribution is 2.24. The smallest absolute Gasteiger partial charge is 0.339 e. The topological polar surface area (TPSA) is 69.7 Å². The average Bonchev–Trinajstić information content (AvgIpc) is 2.68. The van der Waals surface area contributed by atoms with E-state index >= 15 is 0 Å². The Kier molecular flexibility index (Phi) is 6.02. The number of benzene rings is 3. The van der Waals surface area contributed by atoms with Gasteiger partial charge in [-0.15, -0.1) is 0 Å². The van der Waals surface area contributed by atoms with E-state index in [1.54, 1.807) is 54.6 Å². The van der Waals surface area contributed by atoms with Crippen LogP contribution in [0.1, 0.15) is 21.5 Å². The number of hydrogen-bond acceptors (Lipinski definition) is 5. The van der Waals surface area contributed by atoms with Gasteiger partial charge in [-0.2, -0.15) is 8.42 Å². The minimum absolute atomic E-state index is 0.0473. The van der Waals surface area contributed by atoms with Crippen molar-refractivity contribution < 1.29 is 22.1 Å². The highest BCUT2D eigenvalue weighted by atomic mass is 35.5. The minimum Gasteiger partial charge on any atom is -0.457 e. The maximum Gasteiger partial charge on any atom is 0.339 e. The number of esters is 1. The van der Waals surface area contributed by atoms with E-state index in [0.717, 1.165) is 5.56 Å². The summed E-state index contributed by atoms with van der Waals surface area (Å²) in [7, 11) is -4.00. The first-order chi connectivity index (χ1) is 13.3. The zero-order valence-electron chi connectivity index (χ0n) is 15.0. The number of para-hydroxylation sites is 1. The van der Waals surface area contributed by atoms with Crippen LogP contribution in [0.25, 0.3) is 0 Å². The second-order valence-corrected chi connectivity index (χ2v) is 8.02. The molecule has 0 N–H and O–H groups in total. The van der Waals surface area contributed by atoms with Gasteiger partial charge in [0.2, 0.25) is 0 Å². The summed E-state index contributed by atoms with van der Waals surface area (Å²) in [4.78, 5) is 12.2. The SMILES string of the molecule is Cc1ccc(S(=O)(=O)Oc2ccccc2COC(=O)c2ccc(Cl)cc2)cc1. The van der Waals surface area contributed by atoms with E-state index in [4.69, 9.17) is 20.5 Å². The quantitative estimate of drug-likeness (QED) is 0.427. The van der Waals surface area contributed by atoms with Crippen LogP contribution in [0, 0.1) is 6.92 Å². The van der Waals surface area contributed by atoms with Crippen molar-refractivity contribution in [2.75, 3.05) is 0 Å². The van der Waals surface area contributed by atoms with Gasteiger partial charge in [0.1, 0.15) is 17.3 Å². The highest BCUT2D eigenvalue weighted by Gasteiger charge is 2.19. The van der Waals surface area contributed by atoms with Gasteiger partial charge in [-0.1, -0.05) is 47.5 Å². The third kappa shape index (κ3) is 4.91. The Balaban J connectivity index is 1.75. The van der Waals surface area contributed by atoms with Crippen LogP contribution in [0.15, 0.2) is 77.7 Å². The fourth-order valence-corrected chi connectivity index (χ4v) is 3.48. The van der Waals surface area contributed by atoms with Crippen molar-refractivity contribution in [3.8, 4) is 5.75 Å². The van der Waals surface area contributed by atoms with Crippen molar-refractivity contribution in [3.05, 3.63) is 94.5 Å². The number of aryl methyl sites for hydroxylation is 1. The average molecular weight is 417 g/mol. The first kappa shape index (κ1) is 19.9. The molecule has 3 rings (SSSR count). The molecule has 0 saturated carbocycles. The Labute approximate surface area is 168 Å². The number of carbonyl (C=O) groups excluding carboxylic acids is 1. The summed E-state index contributed by atoms with van der Waals surface area (Å²) in [6, 6.07) is 19.1. The van der Waals surface area contributed by atoms with E-state index in [1.807, 2.05) is 6.92 Å². The summed E-state index contributed by atoms with van der Waals surface area (Å²) in [6.45, 7) is 1.72. The van der Waals surface area contributed by atoms with Gasteiger partial charge < -0.3 is 8.92 Å². The number of rotatable bonds is 6. The molecule has 0 radical (unpaired) electrons. The molecule has 0 amide bonds. The zero-order valence-corrected chi connectivity index (χ0v) is 16.5. The van der Waals surface area contributed by atoms with E-state index in [1.165, 1.54) is 18.2 Å². The largest absolute Gasteiger partial charge is 0.457 e. The molecule has 0 aromatic heterocycles. The molecule has 0 fully saturated rings. The third-order valence-corrected chi connectivity index (χ3v) is 5.42. The second-order valence-electron chi connectivity index (χ2n) is 6.04. The van der Waals surface area contributed by atoms with Gasteiger partial charge in [-0.05, 0) is 49.4 Å². The summed E-state index contributed by atoms with van der Waals surface area (Å²) in [6.07, 6.45) is 0. The standard InChI is InChI=1S/C21H17ClO5S/c1-15-6-12-19(13-7-15)28(24,25)27-20-5-3-2-4-17(20)14-26-21(23)16-8-10-18(22)11-9-16/h2-13H,14H2,1H3. The molecule has 0 saturated heterocycles. The molecule has 0 aliphatic heterocycles. The van der Waals surface area contributed by atoms with Crippen molar-refractivity contribution in [2.45, 2.75) is 18.4 Å². The molecular formula is C21H17ClO5S. The van der Waals surface area contributed by atoms with Gasteiger partial charge >= 0.3 is 16.1 Å². The van der Waals surface area contributed by atoms with Crippen LogP contribution in [-0.2, 0) is 21.5 Å². The van der Waals surface area contributed by atoms with E-state index in [0.29, 0.717) is 16.1 Å². The van der Waals surface area contributed by atoms with Gasteiger partial charge in [0.05, 0.1) is 5.56 Å². The lowest BCUT2D eigenvalue weighted by Gasteiger charge is -2.12. The molecule has 0 bridgehead atoms. The van der Waals surface area contributed by atoms with Gasteiger partial charge in [0.25, 0.3) is 0 Å². The minimum atomic E-state index is -4.00. The van der Waals surface area contributed by atoms with E-state index in [2.05, 4.69) is 0 Å². The van der Waals surface area contributed by atoms with Crippen molar-refractivity contribution >= 4 is 27.7 Å². The number of halogens is 1. The maximum absolute atomic E-state index is 12.5. The first-order valence-electron chi connectivity index (χ1n) is 8.37. The summed E-state index contributed by atoms with van der Waals surface area (Å²) in [5.41, 5.74) is 1.71. The van der Waals surface area contributed by atoms with Gasteiger partial charge in [0, 0.05) is 10.6 Å². The van der Waals surface area contributed by atoms with Gasteiger partial charge in [-0.25, -0.2) is 4.79 Å². The monoisotopic (exact) mass is 416 g/mol. The van der Waals surface area contributed by atoms with Crippen LogP contribution in [0.5, 0.6) is 5.75 Å². The molecule has 3 aromatic carbocycles. The number of ether oxygens (including phenoxy) is 1. The predicted molar refractivity (Wildman–Crippen MR) is 106 cm³/mol. The summed E-state index contributed by atoms with van der Waals surface area (Å²) in [5, 5.41) is 0.511. The van der Waals surface area contributed by atoms with Crippen LogP contribution >= 0.6 is 11.6 Å². The normalized spacial score (nSPS) is 11.1. The molecule has 5 nitrogen and oxygen atoms in total. The highest BCUT2D eigenvalue weighted by molar-refractivity contribution is 7.87. The maximum atomic E-state index is 12.5. The van der Waals surface area contributed by atoms with Crippen molar-refractivity contribution in [3.63, 3.8) is 0 Å². The molecule has 3 aromatic rings. The Morgan fingerprint density at radius 1 is 0.929 bits per heavy atom. The molecule has 144 valence electrons. The summed E-state index contributed by atoms with van der Waals surface area (Å²) in [5.74, 6) is -0.445. The summed E-state index contributed by atoms with van der Waals surface area (Å²) < 4.78 is 35.6. The zero-order chi connectivity index (χ0) is 20.1. The lowest BCUT2D eigenvalue weighted by atomic mass is 10.2. The Hall–Kier alpha value is -2.83. The van der Waals surface area contributed by atoms with Crippen LogP contribution in [0.2, 0.25) is 5.02 Å². The molecule has 7 heteroatoms. The van der Waals surface area contributed by atoms with Crippen molar-refractivity contribution in [1.82, 2.24) is 0 Å². The Morgan fingerprint density at radius 2 is 1.57 bits per heavy atom. The Morgan fingerprint density at radius 3 is 2.25 bits per heavy atom. The van der Waals surface area contributed by atoms with Crippen LogP contribution in [0.4, 0.5) is 0 Å². The van der Waals surface area contributed by atoms with Gasteiger partial charge in [0.15, 0.2) is 0 Å². The van der Waals surface area contributed by atoms with Gasteiger partial charge in [-0.3, -0.25) is 0 Å². The molecule has 0 unspecified atom stereocenters. The van der Waals surface area contributed by atoms with Crippen LogP contribution < -0.4 is 4.18 Å². The molecular weight excluding hydrogens is 400 g/mol. The molecule has 0 aliphatic rings.